The summed E-state index contributed by atoms with van der Waals surface area (Å²) in [5.41, 5.74) is 5.64. The van der Waals surface area contributed by atoms with Crippen molar-refractivity contribution in [3.63, 3.8) is 0 Å². The van der Waals surface area contributed by atoms with Gasteiger partial charge in [0.05, 0.1) is 0 Å². The lowest BCUT2D eigenvalue weighted by atomic mass is 9.74. The molecule has 0 saturated heterocycles. The second kappa shape index (κ2) is 4.92. The van der Waals surface area contributed by atoms with Gasteiger partial charge in [-0.05, 0) is 38.0 Å². The molecule has 0 bridgehead atoms. The summed E-state index contributed by atoms with van der Waals surface area (Å²) in [4.78, 5) is 11.8. The van der Waals surface area contributed by atoms with Crippen LogP contribution in [0.2, 0.25) is 0 Å². The number of hydrogen-bond donors (Lipinski definition) is 1. The summed E-state index contributed by atoms with van der Waals surface area (Å²) < 4.78 is 0. The largest absolute Gasteiger partial charge is 0.328 e. The summed E-state index contributed by atoms with van der Waals surface area (Å²) in [6.07, 6.45) is 3.92. The van der Waals surface area contributed by atoms with Gasteiger partial charge in [0.15, 0.2) is 0 Å². The molecule has 1 fully saturated rings. The Morgan fingerprint density at radius 1 is 1.36 bits per heavy atom. The van der Waals surface area contributed by atoms with E-state index in [1.807, 2.05) is 6.92 Å². The van der Waals surface area contributed by atoms with Crippen molar-refractivity contribution in [2.24, 2.45) is 23.5 Å². The van der Waals surface area contributed by atoms with Crippen LogP contribution in [0, 0.1) is 17.8 Å². The number of carbonyl (C=O) groups excluding carboxylic acids is 1. The Bertz CT molecular complexity index is 200. The van der Waals surface area contributed by atoms with Crippen molar-refractivity contribution < 1.29 is 4.79 Å². The highest BCUT2D eigenvalue weighted by molar-refractivity contribution is 5.81. The lowest BCUT2D eigenvalue weighted by Gasteiger charge is -2.31. The predicted octanol–water partition coefficient (Wildman–Crippen LogP) is 2.37. The number of carbonyl (C=O) groups is 1. The van der Waals surface area contributed by atoms with Crippen molar-refractivity contribution >= 4 is 5.78 Å². The van der Waals surface area contributed by atoms with Gasteiger partial charge in [-0.2, -0.15) is 0 Å². The van der Waals surface area contributed by atoms with Crippen LogP contribution in [0.3, 0.4) is 0 Å². The van der Waals surface area contributed by atoms with E-state index >= 15 is 0 Å². The van der Waals surface area contributed by atoms with Gasteiger partial charge in [0, 0.05) is 18.4 Å². The lowest BCUT2D eigenvalue weighted by Crippen LogP contribution is -2.30. The van der Waals surface area contributed by atoms with Crippen molar-refractivity contribution in [1.82, 2.24) is 0 Å². The Balaban J connectivity index is 2.42. The molecule has 0 aromatic rings. The fourth-order valence-corrected chi connectivity index (χ4v) is 2.32. The predicted molar refractivity (Wildman–Crippen MR) is 58.9 cm³/mol. The topological polar surface area (TPSA) is 43.1 Å². The second-order valence-corrected chi connectivity index (χ2v) is 5.11. The quantitative estimate of drug-likeness (QED) is 0.754. The van der Waals surface area contributed by atoms with Gasteiger partial charge in [0.25, 0.3) is 0 Å². The first kappa shape index (κ1) is 11.7. The van der Waals surface area contributed by atoms with Crippen LogP contribution in [0.5, 0.6) is 0 Å². The molecule has 14 heavy (non-hydrogen) atoms. The lowest BCUT2D eigenvalue weighted by molar-refractivity contribution is -0.124. The van der Waals surface area contributed by atoms with Crippen LogP contribution in [0.1, 0.15) is 46.5 Å². The SMILES string of the molecule is CC(N)CC(=O)C1CCC(C)C(C)C1. The van der Waals surface area contributed by atoms with E-state index in [0.717, 1.165) is 18.8 Å². The molecular formula is C12H23NO. The minimum Gasteiger partial charge on any atom is -0.328 e. The molecule has 2 heteroatoms. The zero-order valence-corrected chi connectivity index (χ0v) is 9.62. The monoisotopic (exact) mass is 197 g/mol. The molecule has 0 aromatic carbocycles. The van der Waals surface area contributed by atoms with Crippen molar-refractivity contribution in [2.45, 2.75) is 52.5 Å². The zero-order valence-electron chi connectivity index (χ0n) is 9.62. The molecular weight excluding hydrogens is 174 g/mol. The standard InChI is InChI=1S/C12H23NO/c1-8-4-5-11(6-9(8)2)12(14)7-10(3)13/h8-11H,4-7,13H2,1-3H3. The van der Waals surface area contributed by atoms with E-state index in [4.69, 9.17) is 5.73 Å². The van der Waals surface area contributed by atoms with Crippen LogP contribution in [0.15, 0.2) is 0 Å². The van der Waals surface area contributed by atoms with Crippen molar-refractivity contribution in [1.29, 1.82) is 0 Å². The summed E-state index contributed by atoms with van der Waals surface area (Å²) in [7, 11) is 0. The van der Waals surface area contributed by atoms with Gasteiger partial charge in [-0.3, -0.25) is 4.79 Å². The van der Waals surface area contributed by atoms with Crippen LogP contribution >= 0.6 is 0 Å². The number of ketones is 1. The molecule has 0 radical (unpaired) electrons. The number of hydrogen-bond acceptors (Lipinski definition) is 2. The molecule has 1 aliphatic rings. The van der Waals surface area contributed by atoms with E-state index in [-0.39, 0.29) is 6.04 Å². The van der Waals surface area contributed by atoms with Gasteiger partial charge in [-0.1, -0.05) is 13.8 Å². The minimum absolute atomic E-state index is 0.0251. The van der Waals surface area contributed by atoms with Gasteiger partial charge in [-0.15, -0.1) is 0 Å². The number of rotatable bonds is 3. The first-order chi connectivity index (χ1) is 6.50. The molecule has 4 unspecified atom stereocenters. The Morgan fingerprint density at radius 2 is 2.00 bits per heavy atom. The highest BCUT2D eigenvalue weighted by Gasteiger charge is 2.28. The van der Waals surface area contributed by atoms with E-state index < -0.39 is 0 Å². The highest BCUT2D eigenvalue weighted by atomic mass is 16.1. The summed E-state index contributed by atoms with van der Waals surface area (Å²) in [5.74, 6) is 2.17. The average molecular weight is 197 g/mol. The van der Waals surface area contributed by atoms with Crippen LogP contribution < -0.4 is 5.73 Å². The minimum atomic E-state index is 0.0251. The van der Waals surface area contributed by atoms with E-state index in [0.29, 0.717) is 24.0 Å². The van der Waals surface area contributed by atoms with Gasteiger partial charge < -0.3 is 5.73 Å². The number of nitrogens with two attached hydrogens (primary N) is 1. The summed E-state index contributed by atoms with van der Waals surface area (Å²) in [6.45, 7) is 6.46. The Hall–Kier alpha value is -0.370. The third-order valence-electron chi connectivity index (χ3n) is 3.58. The van der Waals surface area contributed by atoms with Crippen LogP contribution in [-0.4, -0.2) is 11.8 Å². The molecule has 0 aromatic heterocycles. The Kier molecular flexibility index (Phi) is 4.11. The van der Waals surface area contributed by atoms with Crippen molar-refractivity contribution in [3.05, 3.63) is 0 Å². The van der Waals surface area contributed by atoms with Crippen LogP contribution in [0.4, 0.5) is 0 Å². The normalized spacial score (nSPS) is 35.3. The maximum atomic E-state index is 11.8. The Labute approximate surface area is 87.2 Å². The van der Waals surface area contributed by atoms with E-state index in [1.165, 1.54) is 6.42 Å². The average Bonchev–Trinajstić information content (AvgIpc) is 2.08. The third-order valence-corrected chi connectivity index (χ3v) is 3.58. The molecule has 82 valence electrons. The smallest absolute Gasteiger partial charge is 0.137 e. The van der Waals surface area contributed by atoms with E-state index in [2.05, 4.69) is 13.8 Å². The maximum absolute atomic E-state index is 11.8. The van der Waals surface area contributed by atoms with Crippen molar-refractivity contribution in [2.75, 3.05) is 0 Å². The molecule has 0 spiro atoms. The van der Waals surface area contributed by atoms with Gasteiger partial charge in [0.1, 0.15) is 5.78 Å². The molecule has 1 rings (SSSR count). The third kappa shape index (κ3) is 3.09. The summed E-state index contributed by atoms with van der Waals surface area (Å²) in [6, 6.07) is 0.0251. The molecule has 2 nitrogen and oxygen atoms in total. The molecule has 2 N–H and O–H groups in total. The molecule has 0 amide bonds. The first-order valence-electron chi connectivity index (χ1n) is 5.79. The zero-order chi connectivity index (χ0) is 10.7. The van der Waals surface area contributed by atoms with Crippen LogP contribution in [-0.2, 0) is 4.79 Å². The second-order valence-electron chi connectivity index (χ2n) is 5.11. The summed E-state index contributed by atoms with van der Waals surface area (Å²) >= 11 is 0. The highest BCUT2D eigenvalue weighted by Crippen LogP contribution is 2.34. The molecule has 4 atom stereocenters. The van der Waals surface area contributed by atoms with Crippen molar-refractivity contribution in [3.8, 4) is 0 Å². The van der Waals surface area contributed by atoms with Gasteiger partial charge in [-0.25, -0.2) is 0 Å². The molecule has 0 aliphatic heterocycles. The van der Waals surface area contributed by atoms with Gasteiger partial charge in [0.2, 0.25) is 0 Å². The summed E-state index contributed by atoms with van der Waals surface area (Å²) in [5, 5.41) is 0. The molecule has 0 heterocycles. The maximum Gasteiger partial charge on any atom is 0.137 e. The van der Waals surface area contributed by atoms with Gasteiger partial charge >= 0.3 is 0 Å². The molecule has 1 aliphatic carbocycles. The fraction of sp³-hybridized carbons (Fsp3) is 0.917. The molecule has 1 saturated carbocycles. The first-order valence-corrected chi connectivity index (χ1v) is 5.79. The van der Waals surface area contributed by atoms with E-state index in [9.17, 15) is 4.79 Å². The number of Topliss-reactive ketones (excluding diaryl/α,β-unsaturated/α-hetero) is 1. The van der Waals surface area contributed by atoms with E-state index in [1.54, 1.807) is 0 Å². The Morgan fingerprint density at radius 3 is 2.50 bits per heavy atom. The van der Waals surface area contributed by atoms with Crippen LogP contribution in [0.25, 0.3) is 0 Å². The fourth-order valence-electron chi connectivity index (χ4n) is 2.32.